The van der Waals surface area contributed by atoms with Gasteiger partial charge >= 0.3 is 0 Å². The normalized spacial score (nSPS) is 25.2. The van der Waals surface area contributed by atoms with Gasteiger partial charge in [0.2, 0.25) is 5.91 Å². The minimum atomic E-state index is -0.394. The summed E-state index contributed by atoms with van der Waals surface area (Å²) in [6.45, 7) is 2.71. The lowest BCUT2D eigenvalue weighted by molar-refractivity contribution is -0.136. The van der Waals surface area contributed by atoms with Crippen molar-refractivity contribution in [3.05, 3.63) is 17.8 Å². The predicted octanol–water partition coefficient (Wildman–Crippen LogP) is 0.0718. The molecule has 1 aromatic rings. The van der Waals surface area contributed by atoms with Crippen molar-refractivity contribution in [1.82, 2.24) is 20.5 Å². The summed E-state index contributed by atoms with van der Waals surface area (Å²) < 4.78 is 5.41. The lowest BCUT2D eigenvalue weighted by atomic mass is 10.0. The van der Waals surface area contributed by atoms with Crippen LogP contribution in [0.5, 0.6) is 0 Å². The summed E-state index contributed by atoms with van der Waals surface area (Å²) in [5.41, 5.74) is 0.907. The molecule has 0 aliphatic carbocycles. The summed E-state index contributed by atoms with van der Waals surface area (Å²) in [6, 6.07) is -0.0523. The molecule has 1 saturated heterocycles. The molecule has 6 nitrogen and oxygen atoms in total. The first-order valence-corrected chi connectivity index (χ1v) is 6.92. The standard InChI is InChI=1S/C13H20N4O2/c1-14-11-12-10(16-8-19-12)4-7-17(13(11)18)9-2-5-15-6-3-9/h8-9,11,14-15H,2-7H2,1H3. The highest BCUT2D eigenvalue weighted by Gasteiger charge is 2.36. The Labute approximate surface area is 112 Å². The zero-order valence-corrected chi connectivity index (χ0v) is 11.2. The average molecular weight is 264 g/mol. The van der Waals surface area contributed by atoms with Gasteiger partial charge in [-0.3, -0.25) is 4.79 Å². The molecule has 2 aliphatic heterocycles. The van der Waals surface area contributed by atoms with Gasteiger partial charge in [0, 0.05) is 19.0 Å². The maximum Gasteiger partial charge on any atom is 0.247 e. The maximum atomic E-state index is 12.7. The second kappa shape index (κ2) is 5.30. The lowest BCUT2D eigenvalue weighted by Crippen LogP contribution is -2.49. The first kappa shape index (κ1) is 12.6. The van der Waals surface area contributed by atoms with Crippen LogP contribution in [0.4, 0.5) is 0 Å². The summed E-state index contributed by atoms with van der Waals surface area (Å²) in [7, 11) is 1.79. The maximum absolute atomic E-state index is 12.7. The highest BCUT2D eigenvalue weighted by molar-refractivity contribution is 5.83. The third kappa shape index (κ3) is 2.26. The SMILES string of the molecule is CNC1C(=O)N(C2CCNCC2)CCc2ncoc21. The highest BCUT2D eigenvalue weighted by Crippen LogP contribution is 2.26. The smallest absolute Gasteiger partial charge is 0.247 e. The lowest BCUT2D eigenvalue weighted by Gasteiger charge is -2.35. The molecule has 1 atom stereocenters. The number of likely N-dealkylation sites (N-methyl/N-ethyl adjacent to an activating group) is 1. The molecule has 0 bridgehead atoms. The fraction of sp³-hybridized carbons (Fsp3) is 0.692. The Hall–Kier alpha value is -1.40. The fourth-order valence-electron chi connectivity index (χ4n) is 3.05. The van der Waals surface area contributed by atoms with Gasteiger partial charge in [-0.15, -0.1) is 0 Å². The minimum absolute atomic E-state index is 0.116. The largest absolute Gasteiger partial charge is 0.446 e. The first-order valence-electron chi connectivity index (χ1n) is 6.92. The fourth-order valence-corrected chi connectivity index (χ4v) is 3.05. The van der Waals surface area contributed by atoms with Crippen LogP contribution in [0.25, 0.3) is 0 Å². The van der Waals surface area contributed by atoms with E-state index in [2.05, 4.69) is 15.6 Å². The minimum Gasteiger partial charge on any atom is -0.446 e. The van der Waals surface area contributed by atoms with E-state index < -0.39 is 6.04 Å². The number of amides is 1. The number of hydrogen-bond acceptors (Lipinski definition) is 5. The van der Waals surface area contributed by atoms with Gasteiger partial charge in [-0.25, -0.2) is 4.98 Å². The molecule has 2 aliphatic rings. The Balaban J connectivity index is 1.85. The summed E-state index contributed by atoms with van der Waals surface area (Å²) in [5, 5.41) is 6.40. The monoisotopic (exact) mass is 264 g/mol. The number of rotatable bonds is 2. The number of aromatic nitrogens is 1. The van der Waals surface area contributed by atoms with Crippen LogP contribution in [-0.4, -0.2) is 48.5 Å². The molecular formula is C13H20N4O2. The second-order valence-electron chi connectivity index (χ2n) is 5.15. The van der Waals surface area contributed by atoms with Crippen LogP contribution in [-0.2, 0) is 11.2 Å². The number of piperidine rings is 1. The molecule has 104 valence electrons. The van der Waals surface area contributed by atoms with Crippen LogP contribution >= 0.6 is 0 Å². The van der Waals surface area contributed by atoms with Crippen molar-refractivity contribution >= 4 is 5.91 Å². The van der Waals surface area contributed by atoms with Crippen molar-refractivity contribution < 1.29 is 9.21 Å². The number of oxazole rings is 1. The van der Waals surface area contributed by atoms with E-state index in [1.54, 1.807) is 7.05 Å². The predicted molar refractivity (Wildman–Crippen MR) is 69.6 cm³/mol. The summed E-state index contributed by atoms with van der Waals surface area (Å²) in [5.74, 6) is 0.800. The van der Waals surface area contributed by atoms with Gasteiger partial charge in [0.1, 0.15) is 6.04 Å². The molecule has 1 aromatic heterocycles. The molecule has 0 saturated carbocycles. The Bertz CT molecular complexity index is 453. The topological polar surface area (TPSA) is 70.4 Å². The Morgan fingerprint density at radius 3 is 3.00 bits per heavy atom. The third-order valence-electron chi connectivity index (χ3n) is 4.09. The van der Waals surface area contributed by atoms with Gasteiger partial charge in [0.25, 0.3) is 0 Å². The van der Waals surface area contributed by atoms with Gasteiger partial charge in [-0.05, 0) is 33.0 Å². The van der Waals surface area contributed by atoms with E-state index in [1.807, 2.05) is 4.90 Å². The van der Waals surface area contributed by atoms with Crippen molar-refractivity contribution in [3.8, 4) is 0 Å². The molecule has 1 amide bonds. The van der Waals surface area contributed by atoms with E-state index in [0.717, 1.165) is 44.6 Å². The van der Waals surface area contributed by atoms with E-state index in [-0.39, 0.29) is 5.91 Å². The molecule has 19 heavy (non-hydrogen) atoms. The first-order chi connectivity index (χ1) is 9.31. The molecule has 3 rings (SSSR count). The molecular weight excluding hydrogens is 244 g/mol. The zero-order valence-electron chi connectivity index (χ0n) is 11.2. The molecule has 0 aromatic carbocycles. The average Bonchev–Trinajstić information content (AvgIpc) is 2.85. The third-order valence-corrected chi connectivity index (χ3v) is 4.09. The highest BCUT2D eigenvalue weighted by atomic mass is 16.3. The van der Waals surface area contributed by atoms with Crippen LogP contribution in [0.15, 0.2) is 10.8 Å². The number of hydrogen-bond donors (Lipinski definition) is 2. The van der Waals surface area contributed by atoms with E-state index in [1.165, 1.54) is 6.39 Å². The summed E-state index contributed by atoms with van der Waals surface area (Å²) >= 11 is 0. The van der Waals surface area contributed by atoms with Crippen LogP contribution in [0.2, 0.25) is 0 Å². The van der Waals surface area contributed by atoms with Gasteiger partial charge in [-0.2, -0.15) is 0 Å². The molecule has 2 N–H and O–H groups in total. The van der Waals surface area contributed by atoms with Gasteiger partial charge in [0.15, 0.2) is 12.2 Å². The van der Waals surface area contributed by atoms with Crippen molar-refractivity contribution in [1.29, 1.82) is 0 Å². The van der Waals surface area contributed by atoms with Crippen molar-refractivity contribution in [2.75, 3.05) is 26.7 Å². The number of carbonyl (C=O) groups is 1. The summed E-state index contributed by atoms with van der Waals surface area (Å²) in [4.78, 5) is 18.9. The zero-order chi connectivity index (χ0) is 13.2. The molecule has 1 unspecified atom stereocenters. The van der Waals surface area contributed by atoms with Crippen LogP contribution in [0.1, 0.15) is 30.3 Å². The number of carbonyl (C=O) groups excluding carboxylic acids is 1. The van der Waals surface area contributed by atoms with Gasteiger partial charge in [-0.1, -0.05) is 0 Å². The van der Waals surface area contributed by atoms with Gasteiger partial charge in [0.05, 0.1) is 5.69 Å². The van der Waals surface area contributed by atoms with Gasteiger partial charge < -0.3 is 20.0 Å². The van der Waals surface area contributed by atoms with Crippen LogP contribution < -0.4 is 10.6 Å². The number of nitrogens with zero attached hydrogens (tertiary/aromatic N) is 2. The van der Waals surface area contributed by atoms with E-state index >= 15 is 0 Å². The van der Waals surface area contributed by atoms with E-state index in [0.29, 0.717) is 11.8 Å². The van der Waals surface area contributed by atoms with Crippen molar-refractivity contribution in [2.45, 2.75) is 31.3 Å². The van der Waals surface area contributed by atoms with Crippen molar-refractivity contribution in [3.63, 3.8) is 0 Å². The molecule has 3 heterocycles. The molecule has 6 heteroatoms. The van der Waals surface area contributed by atoms with Crippen LogP contribution in [0, 0.1) is 0 Å². The second-order valence-corrected chi connectivity index (χ2v) is 5.15. The Kier molecular flexibility index (Phi) is 3.52. The molecule has 1 fully saturated rings. The van der Waals surface area contributed by atoms with Crippen LogP contribution in [0.3, 0.4) is 0 Å². The Morgan fingerprint density at radius 2 is 2.26 bits per heavy atom. The van der Waals surface area contributed by atoms with Crippen molar-refractivity contribution in [2.24, 2.45) is 0 Å². The summed E-state index contributed by atoms with van der Waals surface area (Å²) in [6.07, 6.45) is 4.26. The number of fused-ring (bicyclic) bond motifs is 1. The molecule has 0 radical (unpaired) electrons. The number of nitrogens with one attached hydrogen (secondary N) is 2. The quantitative estimate of drug-likeness (QED) is 0.791. The Morgan fingerprint density at radius 1 is 1.47 bits per heavy atom. The molecule has 0 spiro atoms. The van der Waals surface area contributed by atoms with E-state index in [9.17, 15) is 4.79 Å². The van der Waals surface area contributed by atoms with E-state index in [4.69, 9.17) is 4.42 Å².